The molecule has 2 aliphatic heterocycles. The van der Waals surface area contributed by atoms with Gasteiger partial charge >= 0.3 is 6.03 Å². The van der Waals surface area contributed by atoms with Crippen LogP contribution in [0.4, 0.5) is 10.5 Å². The quantitative estimate of drug-likeness (QED) is 0.914. The fourth-order valence-corrected chi connectivity index (χ4v) is 4.27. The minimum Gasteiger partial charge on any atom is -0.323 e. The third-order valence-electron chi connectivity index (χ3n) is 5.09. The predicted octanol–water partition coefficient (Wildman–Crippen LogP) is 3.64. The highest BCUT2D eigenvalue weighted by molar-refractivity contribution is 7.98. The van der Waals surface area contributed by atoms with Crippen LogP contribution in [0.5, 0.6) is 0 Å². The maximum Gasteiger partial charge on any atom is 0.321 e. The van der Waals surface area contributed by atoms with Gasteiger partial charge in [0.25, 0.3) is 0 Å². The molecular weight excluding hydrogens is 306 g/mol. The molecule has 5 heteroatoms. The van der Waals surface area contributed by atoms with Gasteiger partial charge < -0.3 is 10.2 Å². The number of nitrogens with one attached hydrogen (secondary N) is 1. The molecular formula is C18H27N3OS. The van der Waals surface area contributed by atoms with E-state index in [4.69, 9.17) is 0 Å². The molecule has 0 aliphatic carbocycles. The Morgan fingerprint density at radius 2 is 2.13 bits per heavy atom. The van der Waals surface area contributed by atoms with Gasteiger partial charge in [-0.25, -0.2) is 4.79 Å². The molecule has 1 aromatic rings. The zero-order valence-electron chi connectivity index (χ0n) is 14.1. The lowest BCUT2D eigenvalue weighted by atomic mass is 10.1. The number of likely N-dealkylation sites (tertiary alicyclic amines) is 1. The third-order valence-corrected chi connectivity index (χ3v) is 6.03. The molecule has 3 rings (SSSR count). The first-order chi connectivity index (χ1) is 11.2. The minimum absolute atomic E-state index is 0.0474. The zero-order valence-corrected chi connectivity index (χ0v) is 14.9. The van der Waals surface area contributed by atoms with E-state index in [1.165, 1.54) is 18.4 Å². The Morgan fingerprint density at radius 3 is 2.96 bits per heavy atom. The van der Waals surface area contributed by atoms with Crippen LogP contribution in [-0.2, 0) is 5.75 Å². The van der Waals surface area contributed by atoms with Gasteiger partial charge in [-0.3, -0.25) is 4.90 Å². The molecule has 2 aliphatic rings. The summed E-state index contributed by atoms with van der Waals surface area (Å²) in [6.45, 7) is 3.88. The number of fused-ring (bicyclic) bond motifs is 2. The Kier molecular flexibility index (Phi) is 5.49. The van der Waals surface area contributed by atoms with Gasteiger partial charge in [-0.15, -0.1) is 0 Å². The molecule has 0 spiro atoms. The second-order valence-corrected chi connectivity index (χ2v) is 7.83. The maximum atomic E-state index is 12.6. The number of rotatable bonds is 4. The van der Waals surface area contributed by atoms with Crippen molar-refractivity contribution in [3.63, 3.8) is 0 Å². The number of benzene rings is 1. The Morgan fingerprint density at radius 1 is 1.30 bits per heavy atom. The first kappa shape index (κ1) is 16.7. The first-order valence-electron chi connectivity index (χ1n) is 8.62. The van der Waals surface area contributed by atoms with E-state index in [0.717, 1.165) is 36.7 Å². The molecule has 2 fully saturated rings. The molecule has 2 atom stereocenters. The standard InChI is InChI=1S/C18H27N3OS/c1-3-23-13-14-5-4-6-15(11-14)19-18(22)21-10-9-16-7-8-17(12-21)20(16)2/h4-6,11,16-17H,3,7-10,12-13H2,1-2H3,(H,19,22). The molecule has 126 valence electrons. The second kappa shape index (κ2) is 7.58. The number of anilines is 1. The summed E-state index contributed by atoms with van der Waals surface area (Å²) in [5.74, 6) is 2.11. The number of amides is 2. The summed E-state index contributed by atoms with van der Waals surface area (Å²) >= 11 is 1.90. The van der Waals surface area contributed by atoms with Crippen molar-refractivity contribution in [3.05, 3.63) is 29.8 Å². The molecule has 23 heavy (non-hydrogen) atoms. The lowest BCUT2D eigenvalue weighted by Gasteiger charge is -2.26. The van der Waals surface area contributed by atoms with E-state index < -0.39 is 0 Å². The van der Waals surface area contributed by atoms with Gasteiger partial charge in [0.05, 0.1) is 0 Å². The Labute approximate surface area is 143 Å². The van der Waals surface area contributed by atoms with Crippen LogP contribution in [0.3, 0.4) is 0 Å². The van der Waals surface area contributed by atoms with E-state index in [2.05, 4.69) is 36.3 Å². The summed E-state index contributed by atoms with van der Waals surface area (Å²) in [6, 6.07) is 9.46. The van der Waals surface area contributed by atoms with Crippen molar-refractivity contribution in [1.82, 2.24) is 9.80 Å². The fraction of sp³-hybridized carbons (Fsp3) is 0.611. The topological polar surface area (TPSA) is 35.6 Å². The number of carbonyl (C=O) groups excluding carboxylic acids is 1. The van der Waals surface area contributed by atoms with Crippen LogP contribution in [0.15, 0.2) is 24.3 Å². The average Bonchev–Trinajstić information content (AvgIpc) is 2.78. The molecule has 2 bridgehead atoms. The highest BCUT2D eigenvalue weighted by Crippen LogP contribution is 2.28. The van der Waals surface area contributed by atoms with E-state index in [1.807, 2.05) is 28.8 Å². The third kappa shape index (κ3) is 4.01. The molecule has 1 N–H and O–H groups in total. The van der Waals surface area contributed by atoms with E-state index in [-0.39, 0.29) is 6.03 Å². The van der Waals surface area contributed by atoms with E-state index >= 15 is 0 Å². The zero-order chi connectivity index (χ0) is 16.2. The second-order valence-electron chi connectivity index (χ2n) is 6.55. The normalized spacial score (nSPS) is 24.5. The Bertz CT molecular complexity index is 551. The summed E-state index contributed by atoms with van der Waals surface area (Å²) in [5.41, 5.74) is 2.18. The van der Waals surface area contributed by atoms with Gasteiger partial charge in [-0.1, -0.05) is 19.1 Å². The fourth-order valence-electron chi connectivity index (χ4n) is 3.65. The van der Waals surface area contributed by atoms with Gasteiger partial charge in [0, 0.05) is 36.6 Å². The van der Waals surface area contributed by atoms with Crippen LogP contribution >= 0.6 is 11.8 Å². The van der Waals surface area contributed by atoms with Gasteiger partial charge in [0.1, 0.15) is 0 Å². The van der Waals surface area contributed by atoms with Gasteiger partial charge in [0.15, 0.2) is 0 Å². The van der Waals surface area contributed by atoms with E-state index in [9.17, 15) is 4.79 Å². The van der Waals surface area contributed by atoms with Crippen LogP contribution in [0.25, 0.3) is 0 Å². The number of hydrogen-bond acceptors (Lipinski definition) is 3. The van der Waals surface area contributed by atoms with Crippen LogP contribution in [-0.4, -0.2) is 53.8 Å². The van der Waals surface area contributed by atoms with Crippen molar-refractivity contribution >= 4 is 23.5 Å². The first-order valence-corrected chi connectivity index (χ1v) is 9.77. The van der Waals surface area contributed by atoms with Gasteiger partial charge in [-0.2, -0.15) is 11.8 Å². The van der Waals surface area contributed by atoms with Crippen LogP contribution in [0.2, 0.25) is 0 Å². The lowest BCUT2D eigenvalue weighted by molar-refractivity contribution is 0.200. The highest BCUT2D eigenvalue weighted by Gasteiger charge is 2.35. The molecule has 2 saturated heterocycles. The van der Waals surface area contributed by atoms with Crippen LogP contribution in [0.1, 0.15) is 31.7 Å². The maximum absolute atomic E-state index is 12.6. The van der Waals surface area contributed by atoms with E-state index in [0.29, 0.717) is 12.1 Å². The molecule has 0 radical (unpaired) electrons. The molecule has 4 nitrogen and oxygen atoms in total. The largest absolute Gasteiger partial charge is 0.323 e. The number of carbonyl (C=O) groups is 1. The lowest BCUT2D eigenvalue weighted by Crippen LogP contribution is -2.41. The molecule has 2 amide bonds. The molecule has 2 heterocycles. The van der Waals surface area contributed by atoms with Crippen molar-refractivity contribution in [1.29, 1.82) is 0 Å². The van der Waals surface area contributed by atoms with Gasteiger partial charge in [-0.05, 0) is 49.8 Å². The van der Waals surface area contributed by atoms with Crippen molar-refractivity contribution in [2.45, 2.75) is 44.0 Å². The molecule has 1 aromatic carbocycles. The highest BCUT2D eigenvalue weighted by atomic mass is 32.2. The average molecular weight is 334 g/mol. The van der Waals surface area contributed by atoms with Crippen molar-refractivity contribution in [2.24, 2.45) is 0 Å². The monoisotopic (exact) mass is 333 g/mol. The summed E-state index contributed by atoms with van der Waals surface area (Å²) in [6.07, 6.45) is 3.59. The summed E-state index contributed by atoms with van der Waals surface area (Å²) in [5, 5.41) is 3.09. The minimum atomic E-state index is 0.0474. The number of nitrogens with zero attached hydrogens (tertiary/aromatic N) is 2. The van der Waals surface area contributed by atoms with Crippen molar-refractivity contribution in [2.75, 3.05) is 31.2 Å². The Hall–Kier alpha value is -1.20. The van der Waals surface area contributed by atoms with E-state index in [1.54, 1.807) is 0 Å². The number of likely N-dealkylation sites (N-methyl/N-ethyl adjacent to an activating group) is 1. The van der Waals surface area contributed by atoms with Crippen LogP contribution < -0.4 is 5.32 Å². The predicted molar refractivity (Wildman–Crippen MR) is 98.1 cm³/mol. The number of hydrogen-bond donors (Lipinski definition) is 1. The van der Waals surface area contributed by atoms with Crippen LogP contribution in [0, 0.1) is 0 Å². The summed E-state index contributed by atoms with van der Waals surface area (Å²) in [7, 11) is 2.21. The molecule has 0 aromatic heterocycles. The summed E-state index contributed by atoms with van der Waals surface area (Å²) in [4.78, 5) is 17.1. The number of urea groups is 1. The number of thioether (sulfide) groups is 1. The smallest absolute Gasteiger partial charge is 0.321 e. The van der Waals surface area contributed by atoms with Crippen molar-refractivity contribution in [3.8, 4) is 0 Å². The van der Waals surface area contributed by atoms with Gasteiger partial charge in [0.2, 0.25) is 0 Å². The molecule has 0 saturated carbocycles. The Balaban J connectivity index is 1.60. The SMILES string of the molecule is CCSCc1cccc(NC(=O)N2CCC3CCC(C2)N3C)c1. The summed E-state index contributed by atoms with van der Waals surface area (Å²) < 4.78 is 0. The molecule has 2 unspecified atom stereocenters. The van der Waals surface area contributed by atoms with Crippen molar-refractivity contribution < 1.29 is 4.79 Å².